The number of nitrogens with zero attached hydrogens (tertiary/aromatic N) is 3. The van der Waals surface area contributed by atoms with Crippen molar-refractivity contribution >= 4 is 5.91 Å². The fourth-order valence-corrected chi connectivity index (χ4v) is 2.13. The third-order valence-electron chi connectivity index (χ3n) is 3.62. The Morgan fingerprint density at radius 3 is 2.42 bits per heavy atom. The average Bonchev–Trinajstić information content (AvgIpc) is 3.08. The molecule has 1 aromatic heterocycles. The number of methoxy groups -OCH3 is 1. The SMILES string of the molecule is COCCOc1ccc(C(=O)NC(Cn2nccn2)C(C)C)cc1. The van der Waals surface area contributed by atoms with Gasteiger partial charge < -0.3 is 14.8 Å². The molecule has 2 aromatic rings. The summed E-state index contributed by atoms with van der Waals surface area (Å²) in [6, 6.07) is 7.01. The number of amides is 1. The van der Waals surface area contributed by atoms with E-state index in [2.05, 4.69) is 29.4 Å². The average molecular weight is 332 g/mol. The van der Waals surface area contributed by atoms with E-state index in [0.717, 1.165) is 0 Å². The minimum absolute atomic E-state index is 0.0532. The van der Waals surface area contributed by atoms with E-state index >= 15 is 0 Å². The molecule has 0 saturated heterocycles. The molecule has 1 unspecified atom stereocenters. The van der Waals surface area contributed by atoms with Crippen molar-refractivity contribution in [1.82, 2.24) is 20.3 Å². The normalized spacial score (nSPS) is 12.2. The molecule has 1 aromatic carbocycles. The van der Waals surface area contributed by atoms with Crippen LogP contribution in [0, 0.1) is 5.92 Å². The number of hydrogen-bond acceptors (Lipinski definition) is 5. The maximum Gasteiger partial charge on any atom is 0.251 e. The van der Waals surface area contributed by atoms with Gasteiger partial charge in [0, 0.05) is 12.7 Å². The summed E-state index contributed by atoms with van der Waals surface area (Å²) in [6.45, 7) is 5.66. The molecule has 0 aliphatic carbocycles. The summed E-state index contributed by atoms with van der Waals surface area (Å²) in [5, 5.41) is 11.2. The first-order chi connectivity index (χ1) is 11.6. The predicted molar refractivity (Wildman–Crippen MR) is 89.9 cm³/mol. The van der Waals surface area contributed by atoms with Crippen LogP contribution in [0.1, 0.15) is 24.2 Å². The third-order valence-corrected chi connectivity index (χ3v) is 3.62. The Bertz CT molecular complexity index is 611. The van der Waals surface area contributed by atoms with Gasteiger partial charge in [-0.25, -0.2) is 0 Å². The van der Waals surface area contributed by atoms with Gasteiger partial charge in [-0.2, -0.15) is 15.0 Å². The van der Waals surface area contributed by atoms with Crippen LogP contribution < -0.4 is 10.1 Å². The van der Waals surface area contributed by atoms with Crippen LogP contribution in [0.3, 0.4) is 0 Å². The molecule has 7 heteroatoms. The Morgan fingerprint density at radius 2 is 1.83 bits per heavy atom. The zero-order chi connectivity index (χ0) is 17.4. The van der Waals surface area contributed by atoms with Crippen LogP contribution in [-0.2, 0) is 11.3 Å². The number of nitrogens with one attached hydrogen (secondary N) is 1. The lowest BCUT2D eigenvalue weighted by molar-refractivity contribution is 0.0917. The van der Waals surface area contributed by atoms with Crippen LogP contribution in [-0.4, -0.2) is 47.3 Å². The summed E-state index contributed by atoms with van der Waals surface area (Å²) in [5.41, 5.74) is 0.591. The summed E-state index contributed by atoms with van der Waals surface area (Å²) in [7, 11) is 1.63. The van der Waals surface area contributed by atoms with E-state index in [4.69, 9.17) is 9.47 Å². The second-order valence-electron chi connectivity index (χ2n) is 5.77. The summed E-state index contributed by atoms with van der Waals surface area (Å²) in [5.74, 6) is 0.852. The fraction of sp³-hybridized carbons (Fsp3) is 0.471. The van der Waals surface area contributed by atoms with E-state index in [-0.39, 0.29) is 17.9 Å². The highest BCUT2D eigenvalue weighted by Crippen LogP contribution is 2.13. The third kappa shape index (κ3) is 5.34. The minimum atomic E-state index is -0.121. The number of aromatic nitrogens is 3. The number of ether oxygens (including phenoxy) is 2. The fourth-order valence-electron chi connectivity index (χ4n) is 2.13. The predicted octanol–water partition coefficient (Wildman–Crippen LogP) is 1.76. The van der Waals surface area contributed by atoms with Crippen molar-refractivity contribution in [3.8, 4) is 5.75 Å². The number of carbonyl (C=O) groups excluding carboxylic acids is 1. The van der Waals surface area contributed by atoms with E-state index in [1.807, 2.05) is 0 Å². The van der Waals surface area contributed by atoms with Crippen molar-refractivity contribution in [3.05, 3.63) is 42.2 Å². The lowest BCUT2D eigenvalue weighted by Gasteiger charge is -2.22. The first kappa shape index (κ1) is 17.9. The molecule has 7 nitrogen and oxygen atoms in total. The summed E-state index contributed by atoms with van der Waals surface area (Å²) in [4.78, 5) is 14.0. The molecule has 0 spiro atoms. The number of hydrogen-bond donors (Lipinski definition) is 1. The van der Waals surface area contributed by atoms with Gasteiger partial charge in [-0.1, -0.05) is 13.8 Å². The van der Waals surface area contributed by atoms with Crippen molar-refractivity contribution in [2.24, 2.45) is 5.92 Å². The van der Waals surface area contributed by atoms with E-state index in [1.165, 1.54) is 0 Å². The van der Waals surface area contributed by atoms with Gasteiger partial charge in [0.15, 0.2) is 0 Å². The summed E-state index contributed by atoms with van der Waals surface area (Å²) in [6.07, 6.45) is 3.25. The largest absolute Gasteiger partial charge is 0.491 e. The zero-order valence-electron chi connectivity index (χ0n) is 14.3. The van der Waals surface area contributed by atoms with Gasteiger partial charge in [0.05, 0.1) is 31.6 Å². The summed E-state index contributed by atoms with van der Waals surface area (Å²) >= 11 is 0. The molecule has 0 radical (unpaired) electrons. The molecule has 0 aliphatic rings. The molecular weight excluding hydrogens is 308 g/mol. The van der Waals surface area contributed by atoms with Crippen LogP contribution in [0.5, 0.6) is 5.75 Å². The van der Waals surface area contributed by atoms with Crippen molar-refractivity contribution < 1.29 is 14.3 Å². The number of benzene rings is 1. The molecule has 1 N–H and O–H groups in total. The molecule has 130 valence electrons. The minimum Gasteiger partial charge on any atom is -0.491 e. The standard InChI is InChI=1S/C17H24N4O3/c1-13(2)16(12-21-18-8-9-19-21)20-17(22)14-4-6-15(7-5-14)24-11-10-23-3/h4-9,13,16H,10-12H2,1-3H3,(H,20,22). The number of rotatable bonds is 9. The monoisotopic (exact) mass is 332 g/mol. The van der Waals surface area contributed by atoms with Gasteiger partial charge >= 0.3 is 0 Å². The Labute approximate surface area is 142 Å². The van der Waals surface area contributed by atoms with Crippen LogP contribution >= 0.6 is 0 Å². The van der Waals surface area contributed by atoms with Gasteiger partial charge in [0.2, 0.25) is 0 Å². The zero-order valence-corrected chi connectivity index (χ0v) is 14.3. The van der Waals surface area contributed by atoms with Crippen molar-refractivity contribution in [2.45, 2.75) is 26.4 Å². The summed E-state index contributed by atoms with van der Waals surface area (Å²) < 4.78 is 10.4. The molecule has 0 bridgehead atoms. The molecular formula is C17H24N4O3. The number of carbonyl (C=O) groups is 1. The molecule has 0 fully saturated rings. The molecule has 2 rings (SSSR count). The van der Waals surface area contributed by atoms with E-state index in [9.17, 15) is 4.79 Å². The molecule has 1 heterocycles. The van der Waals surface area contributed by atoms with Crippen LogP contribution in [0.15, 0.2) is 36.7 Å². The Morgan fingerprint density at radius 1 is 1.17 bits per heavy atom. The van der Waals surface area contributed by atoms with Gasteiger partial charge in [0.25, 0.3) is 5.91 Å². The van der Waals surface area contributed by atoms with E-state index in [1.54, 1.807) is 48.6 Å². The molecule has 0 aliphatic heterocycles. The van der Waals surface area contributed by atoms with Gasteiger partial charge in [0.1, 0.15) is 12.4 Å². The van der Waals surface area contributed by atoms with Gasteiger partial charge in [-0.3, -0.25) is 4.79 Å². The molecule has 0 saturated carbocycles. The Hall–Kier alpha value is -2.41. The lowest BCUT2D eigenvalue weighted by atomic mass is 10.0. The lowest BCUT2D eigenvalue weighted by Crippen LogP contribution is -2.42. The highest BCUT2D eigenvalue weighted by Gasteiger charge is 2.18. The maximum absolute atomic E-state index is 12.4. The van der Waals surface area contributed by atoms with Crippen LogP contribution in [0.4, 0.5) is 0 Å². The van der Waals surface area contributed by atoms with Gasteiger partial charge in [-0.05, 0) is 30.2 Å². The topological polar surface area (TPSA) is 78.3 Å². The maximum atomic E-state index is 12.4. The molecule has 1 amide bonds. The molecule has 1 atom stereocenters. The first-order valence-corrected chi connectivity index (χ1v) is 7.97. The Kier molecular flexibility index (Phi) is 6.74. The Balaban J connectivity index is 1.94. The van der Waals surface area contributed by atoms with E-state index in [0.29, 0.717) is 31.1 Å². The second-order valence-corrected chi connectivity index (χ2v) is 5.77. The van der Waals surface area contributed by atoms with E-state index < -0.39 is 0 Å². The van der Waals surface area contributed by atoms with Crippen LogP contribution in [0.2, 0.25) is 0 Å². The highest BCUT2D eigenvalue weighted by atomic mass is 16.5. The first-order valence-electron chi connectivity index (χ1n) is 7.97. The highest BCUT2D eigenvalue weighted by molar-refractivity contribution is 5.94. The smallest absolute Gasteiger partial charge is 0.251 e. The van der Waals surface area contributed by atoms with Crippen LogP contribution in [0.25, 0.3) is 0 Å². The van der Waals surface area contributed by atoms with Crippen molar-refractivity contribution in [3.63, 3.8) is 0 Å². The van der Waals surface area contributed by atoms with Gasteiger partial charge in [-0.15, -0.1) is 0 Å². The van der Waals surface area contributed by atoms with Crippen molar-refractivity contribution in [2.75, 3.05) is 20.3 Å². The van der Waals surface area contributed by atoms with Crippen molar-refractivity contribution in [1.29, 1.82) is 0 Å². The quantitative estimate of drug-likeness (QED) is 0.708. The second kappa shape index (κ2) is 9.02. The molecule has 24 heavy (non-hydrogen) atoms.